The molecule has 0 unspecified atom stereocenters. The molecule has 30 heavy (non-hydrogen) atoms. The maximum absolute atomic E-state index is 12.6. The lowest BCUT2D eigenvalue weighted by molar-refractivity contribution is 0.0951. The summed E-state index contributed by atoms with van der Waals surface area (Å²) in [4.78, 5) is 29.8. The third-order valence-electron chi connectivity index (χ3n) is 4.98. The Kier molecular flexibility index (Phi) is 6.72. The molecule has 0 saturated heterocycles. The highest BCUT2D eigenvalue weighted by atomic mass is 16.1. The van der Waals surface area contributed by atoms with Crippen molar-refractivity contribution in [2.24, 2.45) is 5.92 Å². The number of hydrogen-bond acceptors (Lipinski definition) is 3. The molecular formula is C25H29N3O2. The summed E-state index contributed by atoms with van der Waals surface area (Å²) in [5, 5.41) is 2.86. The number of pyridine rings is 1. The van der Waals surface area contributed by atoms with E-state index in [0.717, 1.165) is 29.2 Å². The Bertz CT molecular complexity index is 1050. The Morgan fingerprint density at radius 1 is 1.00 bits per heavy atom. The Morgan fingerprint density at radius 2 is 1.63 bits per heavy atom. The topological polar surface area (TPSA) is 65.2 Å². The standard InChI is InChI=1S/C25H29N3O2/c1-17(2)16-28(21-8-6-5-7-9-21)22-12-10-20(11-13-22)24(29)26-15-23-18(3)14-19(4)27-25(23)30/h5-14,17H,15-16H2,1-4H3,(H,26,29)(H,27,30). The fraction of sp³-hybridized carbons (Fsp3) is 0.280. The molecule has 0 saturated carbocycles. The predicted octanol–water partition coefficient (Wildman–Crippen LogP) is 4.72. The molecule has 0 atom stereocenters. The largest absolute Gasteiger partial charge is 0.348 e. The van der Waals surface area contributed by atoms with Crippen LogP contribution in [0.5, 0.6) is 0 Å². The van der Waals surface area contributed by atoms with Gasteiger partial charge in [0.1, 0.15) is 0 Å². The van der Waals surface area contributed by atoms with Crippen molar-refractivity contribution in [1.82, 2.24) is 10.3 Å². The zero-order valence-corrected chi connectivity index (χ0v) is 18.0. The molecule has 0 aliphatic rings. The normalized spacial score (nSPS) is 10.8. The highest BCUT2D eigenvalue weighted by molar-refractivity contribution is 5.94. The summed E-state index contributed by atoms with van der Waals surface area (Å²) < 4.78 is 0. The number of para-hydroxylation sites is 1. The number of rotatable bonds is 7. The number of carbonyl (C=O) groups excluding carboxylic acids is 1. The minimum absolute atomic E-state index is 0.157. The van der Waals surface area contributed by atoms with Crippen LogP contribution in [-0.2, 0) is 6.54 Å². The van der Waals surface area contributed by atoms with Crippen molar-refractivity contribution in [2.45, 2.75) is 34.2 Å². The highest BCUT2D eigenvalue weighted by Crippen LogP contribution is 2.26. The van der Waals surface area contributed by atoms with Crippen molar-refractivity contribution in [3.05, 3.63) is 93.4 Å². The van der Waals surface area contributed by atoms with E-state index in [-0.39, 0.29) is 18.0 Å². The third kappa shape index (κ3) is 5.17. The molecule has 0 fully saturated rings. The van der Waals surface area contributed by atoms with Crippen molar-refractivity contribution in [3.63, 3.8) is 0 Å². The van der Waals surface area contributed by atoms with Crippen LogP contribution >= 0.6 is 0 Å². The Labute approximate surface area is 177 Å². The van der Waals surface area contributed by atoms with Gasteiger partial charge in [0, 0.05) is 41.3 Å². The lowest BCUT2D eigenvalue weighted by Gasteiger charge is -2.27. The zero-order valence-electron chi connectivity index (χ0n) is 18.0. The highest BCUT2D eigenvalue weighted by Gasteiger charge is 2.13. The van der Waals surface area contributed by atoms with Crippen LogP contribution in [0, 0.1) is 19.8 Å². The van der Waals surface area contributed by atoms with Gasteiger partial charge in [0.15, 0.2) is 0 Å². The molecule has 0 aliphatic carbocycles. The van der Waals surface area contributed by atoms with E-state index in [1.54, 1.807) is 0 Å². The first-order valence-corrected chi connectivity index (χ1v) is 10.3. The Morgan fingerprint density at radius 3 is 2.23 bits per heavy atom. The monoisotopic (exact) mass is 403 g/mol. The van der Waals surface area contributed by atoms with E-state index in [4.69, 9.17) is 0 Å². The van der Waals surface area contributed by atoms with E-state index in [0.29, 0.717) is 17.0 Å². The number of H-pyrrole nitrogens is 1. The summed E-state index contributed by atoms with van der Waals surface area (Å²) in [7, 11) is 0. The molecule has 0 radical (unpaired) electrons. The first kappa shape index (κ1) is 21.4. The molecule has 3 rings (SSSR count). The van der Waals surface area contributed by atoms with E-state index < -0.39 is 0 Å². The van der Waals surface area contributed by atoms with Crippen LogP contribution in [0.3, 0.4) is 0 Å². The van der Waals surface area contributed by atoms with E-state index >= 15 is 0 Å². The molecule has 5 heteroatoms. The van der Waals surface area contributed by atoms with Crippen molar-refractivity contribution in [3.8, 4) is 0 Å². The Balaban J connectivity index is 1.74. The second-order valence-corrected chi connectivity index (χ2v) is 8.01. The molecule has 2 aromatic carbocycles. The van der Waals surface area contributed by atoms with Crippen LogP contribution in [0.1, 0.15) is 41.0 Å². The number of carbonyl (C=O) groups is 1. The van der Waals surface area contributed by atoms with Gasteiger partial charge in [0.05, 0.1) is 0 Å². The quantitative estimate of drug-likeness (QED) is 0.600. The fourth-order valence-corrected chi connectivity index (χ4v) is 3.50. The van der Waals surface area contributed by atoms with E-state index in [2.05, 4.69) is 41.2 Å². The number of aromatic amines is 1. The van der Waals surface area contributed by atoms with Gasteiger partial charge in [-0.3, -0.25) is 9.59 Å². The molecule has 0 spiro atoms. The van der Waals surface area contributed by atoms with Gasteiger partial charge in [-0.2, -0.15) is 0 Å². The smallest absolute Gasteiger partial charge is 0.253 e. The molecule has 1 aromatic heterocycles. The molecule has 1 heterocycles. The van der Waals surface area contributed by atoms with Crippen LogP contribution in [0.4, 0.5) is 11.4 Å². The second-order valence-electron chi connectivity index (χ2n) is 8.01. The summed E-state index contributed by atoms with van der Waals surface area (Å²) in [5.41, 5.74) is 4.84. The molecule has 3 aromatic rings. The van der Waals surface area contributed by atoms with E-state index in [1.807, 2.05) is 62.4 Å². The summed E-state index contributed by atoms with van der Waals surface area (Å²) in [6, 6.07) is 19.7. The van der Waals surface area contributed by atoms with Crippen LogP contribution in [0.2, 0.25) is 0 Å². The maximum Gasteiger partial charge on any atom is 0.253 e. The summed E-state index contributed by atoms with van der Waals surface area (Å²) >= 11 is 0. The number of benzene rings is 2. The van der Waals surface area contributed by atoms with Crippen LogP contribution < -0.4 is 15.8 Å². The summed E-state index contributed by atoms with van der Waals surface area (Å²) in [6.07, 6.45) is 0. The first-order valence-electron chi connectivity index (χ1n) is 10.3. The number of hydrogen-bond donors (Lipinski definition) is 2. The minimum Gasteiger partial charge on any atom is -0.348 e. The fourth-order valence-electron chi connectivity index (χ4n) is 3.50. The van der Waals surface area contributed by atoms with Gasteiger partial charge in [0.2, 0.25) is 0 Å². The van der Waals surface area contributed by atoms with Crippen molar-refractivity contribution >= 4 is 17.3 Å². The first-order chi connectivity index (χ1) is 14.3. The lowest BCUT2D eigenvalue weighted by Crippen LogP contribution is -2.28. The summed E-state index contributed by atoms with van der Waals surface area (Å²) in [5.74, 6) is 0.292. The molecule has 0 aliphatic heterocycles. The van der Waals surface area contributed by atoms with Crippen LogP contribution in [-0.4, -0.2) is 17.4 Å². The van der Waals surface area contributed by atoms with Crippen LogP contribution in [0.15, 0.2) is 65.5 Å². The number of aryl methyl sites for hydroxylation is 2. The van der Waals surface area contributed by atoms with Crippen molar-refractivity contribution in [1.29, 1.82) is 0 Å². The van der Waals surface area contributed by atoms with Gasteiger partial charge in [-0.1, -0.05) is 32.0 Å². The van der Waals surface area contributed by atoms with Gasteiger partial charge >= 0.3 is 0 Å². The molecule has 5 nitrogen and oxygen atoms in total. The molecule has 2 N–H and O–H groups in total. The third-order valence-corrected chi connectivity index (χ3v) is 4.98. The second kappa shape index (κ2) is 9.44. The van der Waals surface area contributed by atoms with Crippen LogP contribution in [0.25, 0.3) is 0 Å². The lowest BCUT2D eigenvalue weighted by atomic mass is 10.1. The van der Waals surface area contributed by atoms with Gasteiger partial charge in [0.25, 0.3) is 11.5 Å². The molecule has 0 bridgehead atoms. The average Bonchev–Trinajstić information content (AvgIpc) is 2.72. The minimum atomic E-state index is -0.198. The van der Waals surface area contributed by atoms with E-state index in [1.165, 1.54) is 0 Å². The van der Waals surface area contributed by atoms with Crippen molar-refractivity contribution in [2.75, 3.05) is 11.4 Å². The SMILES string of the molecule is Cc1cc(C)c(CNC(=O)c2ccc(N(CC(C)C)c3ccccc3)cc2)c(=O)[nH]1. The number of aromatic nitrogens is 1. The predicted molar refractivity (Wildman–Crippen MR) is 122 cm³/mol. The molecule has 156 valence electrons. The zero-order chi connectivity index (χ0) is 21.7. The van der Waals surface area contributed by atoms with Gasteiger partial charge in [-0.15, -0.1) is 0 Å². The maximum atomic E-state index is 12.6. The number of anilines is 2. The van der Waals surface area contributed by atoms with Gasteiger partial charge in [-0.25, -0.2) is 0 Å². The van der Waals surface area contributed by atoms with Crippen molar-refractivity contribution < 1.29 is 4.79 Å². The molecular weight excluding hydrogens is 374 g/mol. The number of nitrogens with zero attached hydrogens (tertiary/aromatic N) is 1. The van der Waals surface area contributed by atoms with Gasteiger partial charge < -0.3 is 15.2 Å². The average molecular weight is 404 g/mol. The number of nitrogens with one attached hydrogen (secondary N) is 2. The molecule has 1 amide bonds. The summed E-state index contributed by atoms with van der Waals surface area (Å²) in [6.45, 7) is 9.18. The van der Waals surface area contributed by atoms with Gasteiger partial charge in [-0.05, 0) is 67.8 Å². The number of amides is 1. The Hall–Kier alpha value is -3.34. The van der Waals surface area contributed by atoms with E-state index in [9.17, 15) is 9.59 Å².